The maximum absolute atomic E-state index is 13.4. The Morgan fingerprint density at radius 2 is 1.50 bits per heavy atom. The van der Waals surface area contributed by atoms with Crippen LogP contribution in [0, 0.1) is 5.82 Å². The van der Waals surface area contributed by atoms with E-state index in [0.717, 1.165) is 16.8 Å². The Kier molecular flexibility index (Phi) is 6.36. The van der Waals surface area contributed by atoms with Gasteiger partial charge in [0.05, 0.1) is 17.9 Å². The van der Waals surface area contributed by atoms with Crippen molar-refractivity contribution in [1.29, 1.82) is 0 Å². The highest BCUT2D eigenvalue weighted by atomic mass is 19.1. The standard InChI is InChI=1S/C25H21FN4O2/c26-21-13-11-18(12-14-21)24-20(17-30(29-24)22-9-5-2-6-10-22)15-27-23(31)16-28-25(32)19-7-3-1-4-8-19/h1-14,17H,15-16H2,(H,27,31)(H,28,32). The number of para-hydroxylation sites is 1. The zero-order valence-corrected chi connectivity index (χ0v) is 17.2. The zero-order valence-electron chi connectivity index (χ0n) is 17.2. The van der Waals surface area contributed by atoms with E-state index in [1.807, 2.05) is 42.6 Å². The van der Waals surface area contributed by atoms with E-state index in [1.165, 1.54) is 12.1 Å². The number of nitrogens with zero attached hydrogens (tertiary/aromatic N) is 2. The molecule has 0 fully saturated rings. The molecule has 32 heavy (non-hydrogen) atoms. The van der Waals surface area contributed by atoms with Crippen molar-refractivity contribution >= 4 is 11.8 Å². The molecule has 4 aromatic rings. The van der Waals surface area contributed by atoms with Crippen LogP contribution in [0.15, 0.2) is 91.1 Å². The smallest absolute Gasteiger partial charge is 0.251 e. The van der Waals surface area contributed by atoms with Crippen LogP contribution in [0.5, 0.6) is 0 Å². The van der Waals surface area contributed by atoms with Crippen LogP contribution in [0.3, 0.4) is 0 Å². The number of hydrogen-bond acceptors (Lipinski definition) is 3. The lowest BCUT2D eigenvalue weighted by Gasteiger charge is -2.07. The first kappa shape index (κ1) is 21.0. The third-order valence-electron chi connectivity index (χ3n) is 4.85. The van der Waals surface area contributed by atoms with E-state index < -0.39 is 0 Å². The Labute approximate surface area is 184 Å². The van der Waals surface area contributed by atoms with Gasteiger partial charge in [-0.15, -0.1) is 0 Å². The summed E-state index contributed by atoms with van der Waals surface area (Å²) in [5, 5.41) is 10.1. The molecule has 0 saturated heterocycles. The average Bonchev–Trinajstić information content (AvgIpc) is 3.27. The van der Waals surface area contributed by atoms with E-state index in [0.29, 0.717) is 11.3 Å². The monoisotopic (exact) mass is 428 g/mol. The maximum atomic E-state index is 13.4. The number of rotatable bonds is 7. The van der Waals surface area contributed by atoms with Crippen molar-refractivity contribution < 1.29 is 14.0 Å². The molecule has 7 heteroatoms. The molecule has 160 valence electrons. The summed E-state index contributed by atoms with van der Waals surface area (Å²) in [6.45, 7) is 0.0615. The molecule has 2 amide bonds. The molecule has 2 N–H and O–H groups in total. The van der Waals surface area contributed by atoms with E-state index in [9.17, 15) is 14.0 Å². The SMILES string of the molecule is O=C(CNC(=O)c1ccccc1)NCc1cn(-c2ccccc2)nc1-c1ccc(F)cc1. The average molecular weight is 428 g/mol. The minimum absolute atomic E-state index is 0.146. The molecule has 1 aromatic heterocycles. The molecule has 0 aliphatic rings. The summed E-state index contributed by atoms with van der Waals surface area (Å²) in [7, 11) is 0. The van der Waals surface area contributed by atoms with Crippen molar-refractivity contribution in [2.24, 2.45) is 0 Å². The Hall–Kier alpha value is -4.26. The molecule has 0 aliphatic heterocycles. The number of carbonyl (C=O) groups excluding carboxylic acids is 2. The molecule has 0 bridgehead atoms. The van der Waals surface area contributed by atoms with Crippen molar-refractivity contribution in [3.63, 3.8) is 0 Å². The summed E-state index contributed by atoms with van der Waals surface area (Å²) < 4.78 is 15.1. The second-order valence-electron chi connectivity index (χ2n) is 7.12. The van der Waals surface area contributed by atoms with E-state index in [1.54, 1.807) is 41.1 Å². The first-order valence-electron chi connectivity index (χ1n) is 10.1. The molecule has 0 spiro atoms. The van der Waals surface area contributed by atoms with Crippen LogP contribution in [-0.4, -0.2) is 28.1 Å². The molecule has 4 rings (SSSR count). The van der Waals surface area contributed by atoms with Gasteiger partial charge in [0.15, 0.2) is 0 Å². The van der Waals surface area contributed by atoms with Gasteiger partial charge >= 0.3 is 0 Å². The molecule has 3 aromatic carbocycles. The lowest BCUT2D eigenvalue weighted by atomic mass is 10.1. The van der Waals surface area contributed by atoms with Gasteiger partial charge in [-0.25, -0.2) is 9.07 Å². The first-order valence-corrected chi connectivity index (χ1v) is 10.1. The van der Waals surface area contributed by atoms with Crippen LogP contribution in [0.25, 0.3) is 16.9 Å². The van der Waals surface area contributed by atoms with Crippen molar-refractivity contribution in [2.75, 3.05) is 6.54 Å². The first-order chi connectivity index (χ1) is 15.6. The van der Waals surface area contributed by atoms with Crippen LogP contribution >= 0.6 is 0 Å². The molecular formula is C25H21FN4O2. The van der Waals surface area contributed by atoms with Crippen molar-refractivity contribution in [3.8, 4) is 16.9 Å². The molecule has 0 unspecified atom stereocenters. The van der Waals surface area contributed by atoms with Gasteiger partial charge in [0.2, 0.25) is 5.91 Å². The van der Waals surface area contributed by atoms with Crippen molar-refractivity contribution in [1.82, 2.24) is 20.4 Å². The highest BCUT2D eigenvalue weighted by Crippen LogP contribution is 2.24. The van der Waals surface area contributed by atoms with Crippen LogP contribution in [-0.2, 0) is 11.3 Å². The van der Waals surface area contributed by atoms with Crippen LogP contribution in [0.2, 0.25) is 0 Å². The third kappa shape index (κ3) is 5.07. The molecule has 0 atom stereocenters. The maximum Gasteiger partial charge on any atom is 0.251 e. The summed E-state index contributed by atoms with van der Waals surface area (Å²) in [6, 6.07) is 24.3. The Morgan fingerprint density at radius 1 is 0.844 bits per heavy atom. The normalized spacial score (nSPS) is 10.5. The van der Waals surface area contributed by atoms with Gasteiger partial charge in [0, 0.05) is 29.4 Å². The zero-order chi connectivity index (χ0) is 22.3. The summed E-state index contributed by atoms with van der Waals surface area (Å²) in [5.74, 6) is -0.975. The summed E-state index contributed by atoms with van der Waals surface area (Å²) in [5.41, 5.74) is 3.50. The number of carbonyl (C=O) groups is 2. The van der Waals surface area contributed by atoms with Gasteiger partial charge in [0.1, 0.15) is 5.82 Å². The fourth-order valence-electron chi connectivity index (χ4n) is 3.21. The van der Waals surface area contributed by atoms with Gasteiger partial charge in [-0.3, -0.25) is 9.59 Å². The highest BCUT2D eigenvalue weighted by molar-refractivity contribution is 5.96. The number of hydrogen-bond donors (Lipinski definition) is 2. The Balaban J connectivity index is 1.47. The van der Waals surface area contributed by atoms with E-state index in [-0.39, 0.29) is 30.7 Å². The molecule has 6 nitrogen and oxygen atoms in total. The molecule has 0 radical (unpaired) electrons. The predicted molar refractivity (Wildman–Crippen MR) is 120 cm³/mol. The summed E-state index contributed by atoms with van der Waals surface area (Å²) in [4.78, 5) is 24.4. The van der Waals surface area contributed by atoms with Crippen LogP contribution < -0.4 is 10.6 Å². The van der Waals surface area contributed by atoms with Gasteiger partial charge in [0.25, 0.3) is 5.91 Å². The molecule has 0 saturated carbocycles. The minimum atomic E-state index is -0.333. The van der Waals surface area contributed by atoms with Crippen molar-refractivity contribution in [2.45, 2.75) is 6.54 Å². The second-order valence-corrected chi connectivity index (χ2v) is 7.12. The van der Waals surface area contributed by atoms with E-state index >= 15 is 0 Å². The topological polar surface area (TPSA) is 76.0 Å². The fourth-order valence-corrected chi connectivity index (χ4v) is 3.21. The van der Waals surface area contributed by atoms with E-state index in [4.69, 9.17) is 0 Å². The number of nitrogens with one attached hydrogen (secondary N) is 2. The van der Waals surface area contributed by atoms with Gasteiger partial charge in [-0.1, -0.05) is 36.4 Å². The minimum Gasteiger partial charge on any atom is -0.350 e. The fraction of sp³-hybridized carbons (Fsp3) is 0.0800. The molecular weight excluding hydrogens is 407 g/mol. The predicted octanol–water partition coefficient (Wildman–Crippen LogP) is 3.72. The molecule has 1 heterocycles. The van der Waals surface area contributed by atoms with Crippen molar-refractivity contribution in [3.05, 3.63) is 108 Å². The summed E-state index contributed by atoms with van der Waals surface area (Å²) >= 11 is 0. The van der Waals surface area contributed by atoms with Crippen LogP contribution in [0.4, 0.5) is 4.39 Å². The number of halogens is 1. The Morgan fingerprint density at radius 3 is 2.19 bits per heavy atom. The van der Waals surface area contributed by atoms with Gasteiger partial charge in [-0.2, -0.15) is 5.10 Å². The van der Waals surface area contributed by atoms with Crippen LogP contribution in [0.1, 0.15) is 15.9 Å². The van der Waals surface area contributed by atoms with Gasteiger partial charge in [-0.05, 0) is 48.5 Å². The number of amides is 2. The molecule has 0 aliphatic carbocycles. The number of aromatic nitrogens is 2. The largest absolute Gasteiger partial charge is 0.350 e. The summed E-state index contributed by atoms with van der Waals surface area (Å²) in [6.07, 6.45) is 1.83. The Bertz CT molecular complexity index is 1210. The highest BCUT2D eigenvalue weighted by Gasteiger charge is 2.14. The van der Waals surface area contributed by atoms with E-state index in [2.05, 4.69) is 15.7 Å². The lowest BCUT2D eigenvalue weighted by molar-refractivity contribution is -0.120. The number of benzene rings is 3. The second kappa shape index (κ2) is 9.70. The third-order valence-corrected chi connectivity index (χ3v) is 4.85. The van der Waals surface area contributed by atoms with Gasteiger partial charge < -0.3 is 10.6 Å². The quantitative estimate of drug-likeness (QED) is 0.471. The lowest BCUT2D eigenvalue weighted by Crippen LogP contribution is -2.36.